The topological polar surface area (TPSA) is 77.9 Å². The first-order chi connectivity index (χ1) is 19.6. The minimum absolute atomic E-state index is 0.0519. The zero-order valence-electron chi connectivity index (χ0n) is 22.2. The predicted octanol–water partition coefficient (Wildman–Crippen LogP) is 5.70. The fourth-order valence-electron chi connectivity index (χ4n) is 5.19. The highest BCUT2D eigenvalue weighted by atomic mass is 35.5. The largest absolute Gasteiger partial charge is 0.481 e. The summed E-state index contributed by atoms with van der Waals surface area (Å²) in [6.07, 6.45) is -1.40. The van der Waals surface area contributed by atoms with Crippen LogP contribution in [0.2, 0.25) is 0 Å². The molecule has 0 unspecified atom stereocenters. The van der Waals surface area contributed by atoms with Gasteiger partial charge in [-0.3, -0.25) is 9.88 Å². The van der Waals surface area contributed by atoms with Crippen molar-refractivity contribution in [2.24, 2.45) is 0 Å². The standard InChI is InChI=1S/C28H25ClF3N7O2/c1-36-16-18-15-33-22-6-5-21(17-3-8-24(41-2)34-14-17)35-25(22)26(18)39(27(36)40)19-4-7-23(20(13-19)28(30,31)32)37-9-11-38(29)12-10-37/h3-8,13-15H,9-12,16H2,1-2H3. The Labute approximate surface area is 238 Å². The van der Waals surface area contributed by atoms with E-state index in [4.69, 9.17) is 21.5 Å². The summed E-state index contributed by atoms with van der Waals surface area (Å²) in [6.45, 7) is 1.80. The van der Waals surface area contributed by atoms with Crippen LogP contribution in [0, 0.1) is 0 Å². The van der Waals surface area contributed by atoms with Crippen LogP contribution in [-0.2, 0) is 12.7 Å². The second kappa shape index (κ2) is 10.3. The number of pyridine rings is 3. The number of amides is 2. The predicted molar refractivity (Wildman–Crippen MR) is 149 cm³/mol. The number of alkyl halides is 3. The van der Waals surface area contributed by atoms with Crippen molar-refractivity contribution in [2.75, 3.05) is 50.1 Å². The second-order valence-corrected chi connectivity index (χ2v) is 10.3. The molecule has 0 bridgehead atoms. The van der Waals surface area contributed by atoms with E-state index in [-0.39, 0.29) is 17.9 Å². The molecule has 13 heteroatoms. The van der Waals surface area contributed by atoms with Crippen molar-refractivity contribution >= 4 is 45.9 Å². The van der Waals surface area contributed by atoms with Gasteiger partial charge in [-0.1, -0.05) is 0 Å². The maximum atomic E-state index is 14.4. The van der Waals surface area contributed by atoms with Gasteiger partial charge in [0.2, 0.25) is 5.88 Å². The number of ether oxygens (including phenoxy) is 1. The molecule has 0 atom stereocenters. The number of piperazine rings is 1. The van der Waals surface area contributed by atoms with Gasteiger partial charge in [0.1, 0.15) is 5.52 Å². The molecule has 0 saturated carbocycles. The molecule has 0 spiro atoms. The average molecular weight is 584 g/mol. The molecule has 1 aromatic carbocycles. The van der Waals surface area contributed by atoms with Gasteiger partial charge in [0, 0.05) is 68.5 Å². The third-order valence-corrected chi connectivity index (χ3v) is 7.60. The first-order valence-corrected chi connectivity index (χ1v) is 13.2. The number of carbonyl (C=O) groups is 1. The Kier molecular flexibility index (Phi) is 6.82. The van der Waals surface area contributed by atoms with Crippen LogP contribution >= 0.6 is 11.8 Å². The Bertz CT molecular complexity index is 1630. The summed E-state index contributed by atoms with van der Waals surface area (Å²) in [5.41, 5.74) is 2.55. The molecular formula is C28H25ClF3N7O2. The van der Waals surface area contributed by atoms with E-state index in [1.165, 1.54) is 23.0 Å². The number of nitrogens with zero attached hydrogens (tertiary/aromatic N) is 7. The highest BCUT2D eigenvalue weighted by molar-refractivity contribution is 6.13. The average Bonchev–Trinajstić information content (AvgIpc) is 2.97. The Morgan fingerprint density at radius 2 is 1.76 bits per heavy atom. The summed E-state index contributed by atoms with van der Waals surface area (Å²) in [6, 6.07) is 10.6. The Hall–Kier alpha value is -4.16. The van der Waals surface area contributed by atoms with Crippen LogP contribution in [0.5, 0.6) is 5.88 Å². The van der Waals surface area contributed by atoms with Gasteiger partial charge in [0.15, 0.2) is 0 Å². The van der Waals surface area contributed by atoms with Crippen LogP contribution < -0.4 is 14.5 Å². The molecule has 1 fully saturated rings. The van der Waals surface area contributed by atoms with Crippen LogP contribution in [-0.4, -0.2) is 70.6 Å². The number of hydrogen-bond donors (Lipinski definition) is 0. The lowest BCUT2D eigenvalue weighted by atomic mass is 10.0. The monoisotopic (exact) mass is 583 g/mol. The second-order valence-electron chi connectivity index (χ2n) is 9.86. The number of benzene rings is 1. The molecule has 2 amide bonds. The van der Waals surface area contributed by atoms with E-state index < -0.39 is 17.8 Å². The van der Waals surface area contributed by atoms with Crippen molar-refractivity contribution < 1.29 is 22.7 Å². The fourth-order valence-corrected chi connectivity index (χ4v) is 5.34. The molecule has 0 radical (unpaired) electrons. The van der Waals surface area contributed by atoms with E-state index in [0.29, 0.717) is 65.6 Å². The van der Waals surface area contributed by atoms with Gasteiger partial charge in [0.05, 0.1) is 41.8 Å². The van der Waals surface area contributed by atoms with Gasteiger partial charge in [-0.15, -0.1) is 0 Å². The quantitative estimate of drug-likeness (QED) is 0.285. The van der Waals surface area contributed by atoms with E-state index in [1.807, 2.05) is 0 Å². The summed E-state index contributed by atoms with van der Waals surface area (Å²) >= 11 is 6.03. The molecule has 3 aromatic heterocycles. The van der Waals surface area contributed by atoms with Crippen molar-refractivity contribution in [1.82, 2.24) is 24.3 Å². The SMILES string of the molecule is COc1ccc(-c2ccc3ncc4c(c3n2)N(c2ccc(N3CCN(Cl)CC3)c(C(F)(F)F)c2)C(=O)N(C)C4)cn1. The first kappa shape index (κ1) is 27.0. The maximum absolute atomic E-state index is 14.4. The zero-order valence-corrected chi connectivity index (χ0v) is 22.9. The number of hydrogen-bond acceptors (Lipinski definition) is 7. The first-order valence-electron chi connectivity index (χ1n) is 12.8. The molecule has 41 heavy (non-hydrogen) atoms. The summed E-state index contributed by atoms with van der Waals surface area (Å²) in [5.74, 6) is 0.446. The molecule has 212 valence electrons. The van der Waals surface area contributed by atoms with Gasteiger partial charge in [0.25, 0.3) is 0 Å². The number of urea groups is 1. The molecule has 2 aliphatic rings. The number of fused-ring (bicyclic) bond motifs is 3. The molecule has 4 aromatic rings. The molecule has 1 saturated heterocycles. The van der Waals surface area contributed by atoms with Gasteiger partial charge in [-0.05, 0) is 48.2 Å². The van der Waals surface area contributed by atoms with Crippen LogP contribution in [0.1, 0.15) is 11.1 Å². The van der Waals surface area contributed by atoms with Crippen LogP contribution in [0.15, 0.2) is 54.9 Å². The lowest BCUT2D eigenvalue weighted by Gasteiger charge is -2.37. The van der Waals surface area contributed by atoms with E-state index in [0.717, 1.165) is 6.07 Å². The van der Waals surface area contributed by atoms with Gasteiger partial charge < -0.3 is 14.5 Å². The minimum Gasteiger partial charge on any atom is -0.481 e. The van der Waals surface area contributed by atoms with Crippen LogP contribution in [0.4, 0.5) is 35.0 Å². The summed E-state index contributed by atoms with van der Waals surface area (Å²) in [4.78, 5) is 31.6. The number of anilines is 3. The van der Waals surface area contributed by atoms with Crippen molar-refractivity contribution in [3.63, 3.8) is 0 Å². The number of halogens is 4. The highest BCUT2D eigenvalue weighted by Crippen LogP contribution is 2.44. The van der Waals surface area contributed by atoms with E-state index in [9.17, 15) is 18.0 Å². The smallest absolute Gasteiger partial charge is 0.418 e. The maximum Gasteiger partial charge on any atom is 0.418 e. The van der Waals surface area contributed by atoms with E-state index in [1.54, 1.807) is 59.1 Å². The number of aromatic nitrogens is 3. The Morgan fingerprint density at radius 1 is 0.976 bits per heavy atom. The Morgan fingerprint density at radius 3 is 2.44 bits per heavy atom. The lowest BCUT2D eigenvalue weighted by Crippen LogP contribution is -2.44. The van der Waals surface area contributed by atoms with E-state index >= 15 is 0 Å². The molecule has 0 N–H and O–H groups in total. The zero-order chi connectivity index (χ0) is 28.9. The van der Waals surface area contributed by atoms with Crippen LogP contribution in [0.3, 0.4) is 0 Å². The number of carbonyl (C=O) groups excluding carboxylic acids is 1. The number of methoxy groups -OCH3 is 1. The lowest BCUT2D eigenvalue weighted by molar-refractivity contribution is -0.137. The van der Waals surface area contributed by atoms with Crippen molar-refractivity contribution in [3.8, 4) is 17.1 Å². The normalized spacial score (nSPS) is 16.3. The van der Waals surface area contributed by atoms with Crippen LogP contribution in [0.25, 0.3) is 22.3 Å². The Balaban J connectivity index is 1.50. The molecule has 2 aliphatic heterocycles. The van der Waals surface area contributed by atoms with Crippen molar-refractivity contribution in [2.45, 2.75) is 12.7 Å². The third-order valence-electron chi connectivity index (χ3n) is 7.26. The van der Waals surface area contributed by atoms with Gasteiger partial charge in [-0.2, -0.15) is 13.2 Å². The third kappa shape index (κ3) is 4.97. The summed E-state index contributed by atoms with van der Waals surface area (Å²) in [7, 11) is 3.12. The molecule has 9 nitrogen and oxygen atoms in total. The molecule has 0 aliphatic carbocycles. The van der Waals surface area contributed by atoms with Gasteiger partial charge >= 0.3 is 12.2 Å². The van der Waals surface area contributed by atoms with Crippen molar-refractivity contribution in [1.29, 1.82) is 0 Å². The van der Waals surface area contributed by atoms with Gasteiger partial charge in [-0.25, -0.2) is 19.2 Å². The fraction of sp³-hybridized carbons (Fsp3) is 0.286. The molecule has 6 rings (SSSR count). The summed E-state index contributed by atoms with van der Waals surface area (Å²) in [5, 5.41) is 0. The highest BCUT2D eigenvalue weighted by Gasteiger charge is 2.38. The van der Waals surface area contributed by atoms with E-state index in [2.05, 4.69) is 9.97 Å². The van der Waals surface area contributed by atoms with Crippen molar-refractivity contribution in [3.05, 3.63) is 66.0 Å². The molecule has 5 heterocycles. The molecular weight excluding hydrogens is 559 g/mol. The number of rotatable bonds is 4. The summed E-state index contributed by atoms with van der Waals surface area (Å²) < 4.78 is 50.0. The minimum atomic E-state index is -4.65.